The number of aromatic nitrogens is 1. The van der Waals surface area contributed by atoms with Gasteiger partial charge in [-0.2, -0.15) is 0 Å². The minimum atomic E-state index is -0.552. The molecule has 1 heterocycles. The molecule has 0 aliphatic rings. The number of hydrogen-bond donors (Lipinski definition) is 1. The van der Waals surface area contributed by atoms with E-state index in [1.54, 1.807) is 0 Å². The van der Waals surface area contributed by atoms with Crippen molar-refractivity contribution in [2.45, 2.75) is 13.3 Å². The van der Waals surface area contributed by atoms with Crippen molar-refractivity contribution in [3.05, 3.63) is 17.8 Å². The molecule has 1 rings (SSSR count). The van der Waals surface area contributed by atoms with Crippen molar-refractivity contribution in [3.63, 3.8) is 0 Å². The molecule has 4 nitrogen and oxygen atoms in total. The summed E-state index contributed by atoms with van der Waals surface area (Å²) < 4.78 is 4.86. The van der Waals surface area contributed by atoms with Gasteiger partial charge in [-0.25, -0.2) is 4.98 Å². The van der Waals surface area contributed by atoms with Gasteiger partial charge in [-0.1, -0.05) is 6.92 Å². The van der Waals surface area contributed by atoms with E-state index in [9.17, 15) is 4.79 Å². The molecule has 1 aromatic heterocycles. The van der Waals surface area contributed by atoms with Crippen LogP contribution < -0.4 is 5.73 Å². The van der Waals surface area contributed by atoms with E-state index in [1.807, 2.05) is 6.92 Å². The van der Waals surface area contributed by atoms with E-state index in [-0.39, 0.29) is 5.69 Å². The average Bonchev–Trinajstić information content (AvgIpc) is 2.34. The second kappa shape index (κ2) is 2.51. The molecule has 10 heavy (non-hydrogen) atoms. The molecule has 0 saturated heterocycles. The summed E-state index contributed by atoms with van der Waals surface area (Å²) in [5.74, 6) is -0.0164. The van der Waals surface area contributed by atoms with Crippen molar-refractivity contribution >= 4 is 5.91 Å². The number of aryl methyl sites for hydroxylation is 1. The fraction of sp³-hybridized carbons (Fsp3) is 0.333. The second-order valence-electron chi connectivity index (χ2n) is 1.84. The highest BCUT2D eigenvalue weighted by molar-refractivity contribution is 5.90. The third-order valence-electron chi connectivity index (χ3n) is 1.11. The Bertz CT molecular complexity index is 242. The number of oxazole rings is 1. The molecule has 0 bridgehead atoms. The lowest BCUT2D eigenvalue weighted by molar-refractivity contribution is 0.0995. The first-order valence-electron chi connectivity index (χ1n) is 2.98. The van der Waals surface area contributed by atoms with E-state index in [1.165, 1.54) is 6.26 Å². The highest BCUT2D eigenvalue weighted by Crippen LogP contribution is 2.00. The Morgan fingerprint density at radius 1 is 1.90 bits per heavy atom. The molecule has 0 fully saturated rings. The lowest BCUT2D eigenvalue weighted by atomic mass is 10.4. The zero-order chi connectivity index (χ0) is 7.56. The topological polar surface area (TPSA) is 69.1 Å². The number of hydrogen-bond acceptors (Lipinski definition) is 3. The minimum absolute atomic E-state index is 0.192. The van der Waals surface area contributed by atoms with Crippen LogP contribution in [-0.2, 0) is 6.42 Å². The Hall–Kier alpha value is -1.32. The predicted octanol–water partition coefficient (Wildman–Crippen LogP) is 0.336. The maximum atomic E-state index is 10.4. The largest absolute Gasteiger partial charge is 0.448 e. The van der Waals surface area contributed by atoms with Gasteiger partial charge in [-0.3, -0.25) is 4.79 Å². The zero-order valence-electron chi connectivity index (χ0n) is 5.63. The summed E-state index contributed by atoms with van der Waals surface area (Å²) in [5.41, 5.74) is 5.11. The number of rotatable bonds is 2. The Morgan fingerprint density at radius 2 is 2.60 bits per heavy atom. The first-order chi connectivity index (χ1) is 4.74. The van der Waals surface area contributed by atoms with Gasteiger partial charge in [-0.05, 0) is 0 Å². The van der Waals surface area contributed by atoms with Gasteiger partial charge >= 0.3 is 0 Å². The Morgan fingerprint density at radius 3 is 2.90 bits per heavy atom. The van der Waals surface area contributed by atoms with Crippen LogP contribution in [0.2, 0.25) is 0 Å². The van der Waals surface area contributed by atoms with Crippen LogP contribution in [0.25, 0.3) is 0 Å². The highest BCUT2D eigenvalue weighted by atomic mass is 16.3. The lowest BCUT2D eigenvalue weighted by Crippen LogP contribution is -2.11. The van der Waals surface area contributed by atoms with Gasteiger partial charge in [0, 0.05) is 6.42 Å². The van der Waals surface area contributed by atoms with Crippen LogP contribution >= 0.6 is 0 Å². The normalized spacial score (nSPS) is 9.70. The molecule has 0 saturated carbocycles. The van der Waals surface area contributed by atoms with Crippen molar-refractivity contribution in [1.29, 1.82) is 0 Å². The quantitative estimate of drug-likeness (QED) is 0.643. The van der Waals surface area contributed by atoms with Gasteiger partial charge < -0.3 is 10.2 Å². The van der Waals surface area contributed by atoms with Gasteiger partial charge in [0.05, 0.1) is 0 Å². The highest BCUT2D eigenvalue weighted by Gasteiger charge is 2.05. The first-order valence-corrected chi connectivity index (χ1v) is 2.98. The fourth-order valence-electron chi connectivity index (χ4n) is 0.586. The van der Waals surface area contributed by atoms with Crippen LogP contribution in [-0.4, -0.2) is 10.9 Å². The molecule has 0 spiro atoms. The molecule has 2 N–H and O–H groups in total. The van der Waals surface area contributed by atoms with Gasteiger partial charge in [0.2, 0.25) is 0 Å². The van der Waals surface area contributed by atoms with E-state index in [0.717, 1.165) is 0 Å². The zero-order valence-corrected chi connectivity index (χ0v) is 5.63. The van der Waals surface area contributed by atoms with Crippen LogP contribution in [0.1, 0.15) is 23.3 Å². The first kappa shape index (κ1) is 6.80. The van der Waals surface area contributed by atoms with E-state index in [4.69, 9.17) is 10.2 Å². The molecular weight excluding hydrogens is 132 g/mol. The van der Waals surface area contributed by atoms with Crippen LogP contribution in [0.4, 0.5) is 0 Å². The number of nitrogens with two attached hydrogens (primary N) is 1. The Kier molecular flexibility index (Phi) is 1.71. The third kappa shape index (κ3) is 1.15. The molecular formula is C6H8N2O2. The minimum Gasteiger partial charge on any atom is -0.448 e. The summed E-state index contributed by atoms with van der Waals surface area (Å²) >= 11 is 0. The van der Waals surface area contributed by atoms with Crippen molar-refractivity contribution in [1.82, 2.24) is 4.98 Å². The molecule has 4 heteroatoms. The van der Waals surface area contributed by atoms with Crippen LogP contribution in [0, 0.1) is 0 Å². The van der Waals surface area contributed by atoms with Crippen LogP contribution in [0.15, 0.2) is 10.7 Å². The fourth-order valence-corrected chi connectivity index (χ4v) is 0.586. The molecule has 0 unspecified atom stereocenters. The number of carbonyl (C=O) groups is 1. The number of nitrogens with zero attached hydrogens (tertiary/aromatic N) is 1. The van der Waals surface area contributed by atoms with E-state index < -0.39 is 5.91 Å². The summed E-state index contributed by atoms with van der Waals surface area (Å²) in [7, 11) is 0. The van der Waals surface area contributed by atoms with Gasteiger partial charge in [0.15, 0.2) is 11.6 Å². The van der Waals surface area contributed by atoms with Crippen molar-refractivity contribution < 1.29 is 9.21 Å². The predicted molar refractivity (Wildman–Crippen MR) is 34.4 cm³/mol. The molecule has 54 valence electrons. The van der Waals surface area contributed by atoms with Crippen LogP contribution in [0.5, 0.6) is 0 Å². The molecule has 0 aromatic carbocycles. The molecule has 1 aromatic rings. The molecule has 0 aliphatic heterocycles. The van der Waals surface area contributed by atoms with Gasteiger partial charge in [0.1, 0.15) is 6.26 Å². The summed E-state index contributed by atoms with van der Waals surface area (Å²) in [5, 5.41) is 0. The number of carbonyl (C=O) groups excluding carboxylic acids is 1. The van der Waals surface area contributed by atoms with Crippen LogP contribution in [0.3, 0.4) is 0 Å². The van der Waals surface area contributed by atoms with E-state index >= 15 is 0 Å². The summed E-state index contributed by atoms with van der Waals surface area (Å²) in [6.07, 6.45) is 1.94. The second-order valence-corrected chi connectivity index (χ2v) is 1.84. The smallest absolute Gasteiger partial charge is 0.270 e. The SMILES string of the molecule is CCc1nc(C(N)=O)co1. The standard InChI is InChI=1S/C6H8N2O2/c1-2-5-8-4(3-10-5)6(7)9/h3H,2H2,1H3,(H2,7,9). The summed E-state index contributed by atoms with van der Waals surface area (Å²) in [6.45, 7) is 1.89. The molecule has 0 radical (unpaired) electrons. The average molecular weight is 140 g/mol. The summed E-state index contributed by atoms with van der Waals surface area (Å²) in [4.78, 5) is 14.2. The van der Waals surface area contributed by atoms with Crippen molar-refractivity contribution in [2.24, 2.45) is 5.73 Å². The number of primary amides is 1. The maximum absolute atomic E-state index is 10.4. The van der Waals surface area contributed by atoms with E-state index in [0.29, 0.717) is 12.3 Å². The van der Waals surface area contributed by atoms with Crippen molar-refractivity contribution in [3.8, 4) is 0 Å². The summed E-state index contributed by atoms with van der Waals surface area (Å²) in [6, 6.07) is 0. The van der Waals surface area contributed by atoms with Crippen molar-refractivity contribution in [2.75, 3.05) is 0 Å². The Balaban J connectivity index is 2.88. The van der Waals surface area contributed by atoms with Gasteiger partial charge in [0.25, 0.3) is 5.91 Å². The van der Waals surface area contributed by atoms with E-state index in [2.05, 4.69) is 4.98 Å². The lowest BCUT2D eigenvalue weighted by Gasteiger charge is -1.81. The maximum Gasteiger partial charge on any atom is 0.270 e. The Labute approximate surface area is 58.0 Å². The molecule has 0 aliphatic carbocycles. The monoisotopic (exact) mass is 140 g/mol. The molecule has 0 atom stereocenters. The number of amides is 1. The molecule has 1 amide bonds. The third-order valence-corrected chi connectivity index (χ3v) is 1.11. The van der Waals surface area contributed by atoms with Gasteiger partial charge in [-0.15, -0.1) is 0 Å².